The molecule has 25 heavy (non-hydrogen) atoms. The first-order valence-electron chi connectivity index (χ1n) is 7.74. The number of carbonyl (C=O) groups is 1. The summed E-state index contributed by atoms with van der Waals surface area (Å²) in [6, 6.07) is 13.6. The minimum absolute atomic E-state index is 0.0382. The van der Waals surface area contributed by atoms with Crippen LogP contribution in [-0.2, 0) is 0 Å². The normalized spacial score (nSPS) is 11.0. The fraction of sp³-hybridized carbons (Fsp3) is 0.105. The molecule has 0 spiro atoms. The van der Waals surface area contributed by atoms with Crippen molar-refractivity contribution in [2.75, 3.05) is 14.1 Å². The van der Waals surface area contributed by atoms with Gasteiger partial charge in [0, 0.05) is 19.7 Å². The highest BCUT2D eigenvalue weighted by Gasteiger charge is 2.16. The average molecular weight is 365 g/mol. The Hall–Kier alpha value is -2.57. The van der Waals surface area contributed by atoms with Crippen molar-refractivity contribution in [1.29, 1.82) is 0 Å². The number of hydrogen-bond acceptors (Lipinski definition) is 5. The molecule has 0 unspecified atom stereocenters. The molecule has 6 heteroatoms. The minimum Gasteiger partial charge on any atom is -0.345 e. The molecule has 0 aliphatic heterocycles. The summed E-state index contributed by atoms with van der Waals surface area (Å²) in [4.78, 5) is 25.7. The van der Waals surface area contributed by atoms with Crippen molar-refractivity contribution < 1.29 is 4.79 Å². The van der Waals surface area contributed by atoms with Crippen molar-refractivity contribution in [1.82, 2.24) is 14.9 Å². The molecular formula is C19H15N3OS2. The molecule has 124 valence electrons. The second kappa shape index (κ2) is 6.38. The SMILES string of the molecule is CN(C)C(=O)c1ccc2nc(-c3cccs3)c(-c3cccs3)nc2c1. The van der Waals surface area contributed by atoms with E-state index < -0.39 is 0 Å². The third kappa shape index (κ3) is 2.94. The van der Waals surface area contributed by atoms with E-state index in [0.717, 1.165) is 32.2 Å². The number of rotatable bonds is 3. The molecule has 4 rings (SSSR count). The van der Waals surface area contributed by atoms with Crippen LogP contribution in [0, 0.1) is 0 Å². The van der Waals surface area contributed by atoms with E-state index >= 15 is 0 Å². The van der Waals surface area contributed by atoms with E-state index in [-0.39, 0.29) is 5.91 Å². The van der Waals surface area contributed by atoms with Gasteiger partial charge in [0.2, 0.25) is 0 Å². The molecule has 0 saturated carbocycles. The highest BCUT2D eigenvalue weighted by Crippen LogP contribution is 2.35. The predicted molar refractivity (Wildman–Crippen MR) is 104 cm³/mol. The van der Waals surface area contributed by atoms with Gasteiger partial charge in [-0.25, -0.2) is 9.97 Å². The number of nitrogens with zero attached hydrogens (tertiary/aromatic N) is 3. The van der Waals surface area contributed by atoms with E-state index in [0.29, 0.717) is 5.56 Å². The number of amides is 1. The van der Waals surface area contributed by atoms with E-state index in [9.17, 15) is 4.79 Å². The summed E-state index contributed by atoms with van der Waals surface area (Å²) < 4.78 is 0. The summed E-state index contributed by atoms with van der Waals surface area (Å²) >= 11 is 3.29. The molecule has 1 aromatic carbocycles. The standard InChI is InChI=1S/C19H15N3OS2/c1-22(2)19(23)12-7-8-13-14(11-12)21-18(16-6-4-10-25-16)17(20-13)15-5-3-9-24-15/h3-11H,1-2H3. The van der Waals surface area contributed by atoms with Crippen molar-refractivity contribution in [2.24, 2.45) is 0 Å². The Labute approximate surface area is 153 Å². The maximum atomic E-state index is 12.2. The quantitative estimate of drug-likeness (QED) is 0.524. The van der Waals surface area contributed by atoms with Crippen molar-refractivity contribution >= 4 is 39.6 Å². The molecule has 0 aliphatic rings. The molecule has 4 aromatic rings. The maximum absolute atomic E-state index is 12.2. The summed E-state index contributed by atoms with van der Waals surface area (Å²) in [6.45, 7) is 0. The van der Waals surface area contributed by atoms with Crippen molar-refractivity contribution in [3.05, 3.63) is 58.8 Å². The highest BCUT2D eigenvalue weighted by atomic mass is 32.1. The molecule has 0 N–H and O–H groups in total. The Morgan fingerprint density at radius 1 is 0.880 bits per heavy atom. The number of thiophene rings is 2. The summed E-state index contributed by atoms with van der Waals surface area (Å²) in [7, 11) is 3.49. The van der Waals surface area contributed by atoms with Crippen molar-refractivity contribution in [3.8, 4) is 21.1 Å². The van der Waals surface area contributed by atoms with E-state index in [2.05, 4.69) is 6.07 Å². The summed E-state index contributed by atoms with van der Waals surface area (Å²) in [5, 5.41) is 4.07. The third-order valence-electron chi connectivity index (χ3n) is 3.83. The largest absolute Gasteiger partial charge is 0.345 e. The molecule has 1 amide bonds. The first kappa shape index (κ1) is 15.9. The van der Waals surface area contributed by atoms with E-state index in [1.165, 1.54) is 0 Å². The van der Waals surface area contributed by atoms with Gasteiger partial charge in [-0.15, -0.1) is 22.7 Å². The Balaban J connectivity index is 1.95. The van der Waals surface area contributed by atoms with Gasteiger partial charge in [0.25, 0.3) is 5.91 Å². The minimum atomic E-state index is -0.0382. The van der Waals surface area contributed by atoms with Crippen LogP contribution in [0.1, 0.15) is 10.4 Å². The first-order valence-corrected chi connectivity index (χ1v) is 9.50. The summed E-state index contributed by atoms with van der Waals surface area (Å²) in [5.74, 6) is -0.0382. The predicted octanol–water partition coefficient (Wildman–Crippen LogP) is 4.79. The van der Waals surface area contributed by atoms with E-state index in [4.69, 9.17) is 9.97 Å². The van der Waals surface area contributed by atoms with Crippen LogP contribution >= 0.6 is 22.7 Å². The lowest BCUT2D eigenvalue weighted by molar-refractivity contribution is 0.0828. The van der Waals surface area contributed by atoms with Gasteiger partial charge in [-0.05, 0) is 41.1 Å². The fourth-order valence-corrected chi connectivity index (χ4v) is 4.05. The lowest BCUT2D eigenvalue weighted by Crippen LogP contribution is -2.21. The summed E-state index contributed by atoms with van der Waals surface area (Å²) in [6.07, 6.45) is 0. The van der Waals surface area contributed by atoms with Gasteiger partial charge in [0.1, 0.15) is 11.4 Å². The van der Waals surface area contributed by atoms with Gasteiger partial charge in [0.05, 0.1) is 20.8 Å². The van der Waals surface area contributed by atoms with Gasteiger partial charge in [-0.1, -0.05) is 12.1 Å². The molecule has 0 saturated heterocycles. The summed E-state index contributed by atoms with van der Waals surface area (Å²) in [5.41, 5.74) is 3.89. The maximum Gasteiger partial charge on any atom is 0.253 e. The van der Waals surface area contributed by atoms with Gasteiger partial charge < -0.3 is 4.90 Å². The van der Waals surface area contributed by atoms with Gasteiger partial charge in [-0.2, -0.15) is 0 Å². The second-order valence-electron chi connectivity index (χ2n) is 5.78. The number of benzene rings is 1. The molecule has 4 nitrogen and oxygen atoms in total. The number of aromatic nitrogens is 2. The molecule has 3 heterocycles. The zero-order valence-corrected chi connectivity index (χ0v) is 15.4. The van der Waals surface area contributed by atoms with Crippen molar-refractivity contribution in [2.45, 2.75) is 0 Å². The lowest BCUT2D eigenvalue weighted by atomic mass is 10.1. The average Bonchev–Trinajstić information content (AvgIpc) is 3.32. The molecule has 3 aromatic heterocycles. The topological polar surface area (TPSA) is 46.1 Å². The highest BCUT2D eigenvalue weighted by molar-refractivity contribution is 7.14. The Bertz CT molecular complexity index is 1040. The monoisotopic (exact) mass is 365 g/mol. The van der Waals surface area contributed by atoms with Crippen LogP contribution in [0.4, 0.5) is 0 Å². The van der Waals surface area contributed by atoms with Crippen LogP contribution in [-0.4, -0.2) is 34.9 Å². The fourth-order valence-electron chi connectivity index (χ4n) is 2.62. The molecule has 0 bridgehead atoms. The molecule has 0 fully saturated rings. The van der Waals surface area contributed by atoms with Crippen LogP contribution in [0.2, 0.25) is 0 Å². The van der Waals surface area contributed by atoms with Crippen LogP contribution in [0.15, 0.2) is 53.2 Å². The molecule has 0 aliphatic carbocycles. The third-order valence-corrected chi connectivity index (χ3v) is 5.58. The van der Waals surface area contributed by atoms with Crippen LogP contribution in [0.3, 0.4) is 0 Å². The van der Waals surface area contributed by atoms with E-state index in [1.807, 2.05) is 47.2 Å². The number of hydrogen-bond donors (Lipinski definition) is 0. The van der Waals surface area contributed by atoms with Crippen molar-refractivity contribution in [3.63, 3.8) is 0 Å². The Morgan fingerprint density at radius 3 is 2.00 bits per heavy atom. The van der Waals surface area contributed by atoms with Gasteiger partial charge in [-0.3, -0.25) is 4.79 Å². The zero-order chi connectivity index (χ0) is 17.4. The Morgan fingerprint density at radius 2 is 1.48 bits per heavy atom. The first-order chi connectivity index (χ1) is 12.1. The zero-order valence-electron chi connectivity index (χ0n) is 13.8. The lowest BCUT2D eigenvalue weighted by Gasteiger charge is -2.11. The van der Waals surface area contributed by atoms with Crippen LogP contribution < -0.4 is 0 Å². The number of fused-ring (bicyclic) bond motifs is 1. The second-order valence-corrected chi connectivity index (χ2v) is 7.67. The van der Waals surface area contributed by atoms with Crippen LogP contribution in [0.25, 0.3) is 32.2 Å². The smallest absolute Gasteiger partial charge is 0.253 e. The molecule has 0 radical (unpaired) electrons. The van der Waals surface area contributed by atoms with Crippen LogP contribution in [0.5, 0.6) is 0 Å². The van der Waals surface area contributed by atoms with Gasteiger partial charge >= 0.3 is 0 Å². The molecule has 0 atom stereocenters. The van der Waals surface area contributed by atoms with E-state index in [1.54, 1.807) is 41.7 Å². The van der Waals surface area contributed by atoms with Gasteiger partial charge in [0.15, 0.2) is 0 Å². The Kier molecular flexibility index (Phi) is 4.07. The number of carbonyl (C=O) groups excluding carboxylic acids is 1. The molecular weight excluding hydrogens is 350 g/mol.